The van der Waals surface area contributed by atoms with Crippen LogP contribution in [0.5, 0.6) is 5.75 Å². The van der Waals surface area contributed by atoms with Crippen LogP contribution in [0.1, 0.15) is 51.0 Å². The summed E-state index contributed by atoms with van der Waals surface area (Å²) in [6, 6.07) is 19.5. The molecule has 2 nitrogen and oxygen atoms in total. The summed E-state index contributed by atoms with van der Waals surface area (Å²) in [5.41, 5.74) is 2.95. The third kappa shape index (κ3) is 3.58. The zero-order valence-corrected chi connectivity index (χ0v) is 15.0. The van der Waals surface area contributed by atoms with E-state index in [0.717, 1.165) is 12.3 Å². The van der Waals surface area contributed by atoms with E-state index >= 15 is 0 Å². The lowest BCUT2D eigenvalue weighted by Gasteiger charge is -2.20. The molecule has 128 valence electrons. The number of ether oxygens (including phenoxy) is 1. The fraction of sp³-hybridized carbons (Fsp3) is 0.455. The van der Waals surface area contributed by atoms with Gasteiger partial charge in [-0.25, -0.2) is 0 Å². The van der Waals surface area contributed by atoms with Gasteiger partial charge in [-0.3, -0.25) is 0 Å². The molecule has 1 aliphatic rings. The van der Waals surface area contributed by atoms with Gasteiger partial charge in [0, 0.05) is 12.2 Å². The third-order valence-corrected chi connectivity index (χ3v) is 5.22. The SMILES string of the molecule is CCCCCCC[C@]1(c2ccccc2)CN1c1ccc(OC)cc1. The molecule has 0 spiro atoms. The molecular weight excluding hydrogens is 294 g/mol. The predicted octanol–water partition coefficient (Wildman–Crippen LogP) is 5.77. The molecule has 0 amide bonds. The van der Waals surface area contributed by atoms with E-state index in [1.54, 1.807) is 7.11 Å². The maximum Gasteiger partial charge on any atom is 0.119 e. The van der Waals surface area contributed by atoms with E-state index in [1.807, 2.05) is 0 Å². The Hall–Kier alpha value is -1.96. The maximum absolute atomic E-state index is 5.29. The van der Waals surface area contributed by atoms with Gasteiger partial charge in [-0.05, 0) is 36.2 Å². The fourth-order valence-corrected chi connectivity index (χ4v) is 3.70. The first-order chi connectivity index (χ1) is 11.8. The van der Waals surface area contributed by atoms with Crippen LogP contribution in [0.2, 0.25) is 0 Å². The number of hydrogen-bond donors (Lipinski definition) is 0. The van der Waals surface area contributed by atoms with Crippen LogP contribution < -0.4 is 9.64 Å². The van der Waals surface area contributed by atoms with E-state index in [4.69, 9.17) is 4.74 Å². The summed E-state index contributed by atoms with van der Waals surface area (Å²) in [4.78, 5) is 2.54. The molecular formula is C22H29NO. The van der Waals surface area contributed by atoms with Crippen molar-refractivity contribution in [2.45, 2.75) is 51.0 Å². The van der Waals surface area contributed by atoms with Crippen LogP contribution in [0.4, 0.5) is 5.69 Å². The summed E-state index contributed by atoms with van der Waals surface area (Å²) in [7, 11) is 1.72. The predicted molar refractivity (Wildman–Crippen MR) is 102 cm³/mol. The van der Waals surface area contributed by atoms with Gasteiger partial charge in [-0.2, -0.15) is 0 Å². The molecule has 0 unspecified atom stereocenters. The van der Waals surface area contributed by atoms with Crippen molar-refractivity contribution >= 4 is 5.69 Å². The molecule has 1 atom stereocenters. The van der Waals surface area contributed by atoms with Crippen molar-refractivity contribution in [2.24, 2.45) is 0 Å². The fourth-order valence-electron chi connectivity index (χ4n) is 3.70. The molecule has 1 fully saturated rings. The minimum atomic E-state index is 0.196. The highest BCUT2D eigenvalue weighted by Gasteiger charge is 2.52. The van der Waals surface area contributed by atoms with Crippen LogP contribution in [0.3, 0.4) is 0 Å². The van der Waals surface area contributed by atoms with Crippen molar-refractivity contribution in [3.63, 3.8) is 0 Å². The average molecular weight is 323 g/mol. The van der Waals surface area contributed by atoms with Gasteiger partial charge < -0.3 is 9.64 Å². The lowest BCUT2D eigenvalue weighted by atomic mass is 9.92. The number of methoxy groups -OCH3 is 1. The average Bonchev–Trinajstić information content (AvgIpc) is 3.38. The quantitative estimate of drug-likeness (QED) is 0.429. The molecule has 1 aliphatic heterocycles. The summed E-state index contributed by atoms with van der Waals surface area (Å²) >= 11 is 0. The van der Waals surface area contributed by atoms with Gasteiger partial charge in [0.2, 0.25) is 0 Å². The number of rotatable bonds is 9. The van der Waals surface area contributed by atoms with E-state index in [1.165, 1.54) is 49.8 Å². The molecule has 2 aromatic rings. The topological polar surface area (TPSA) is 12.2 Å². The summed E-state index contributed by atoms with van der Waals surface area (Å²) in [6.45, 7) is 3.40. The molecule has 0 saturated carbocycles. The number of anilines is 1. The summed E-state index contributed by atoms with van der Waals surface area (Å²) in [5.74, 6) is 0.922. The van der Waals surface area contributed by atoms with Crippen molar-refractivity contribution in [3.8, 4) is 5.75 Å². The molecule has 0 aliphatic carbocycles. The Balaban J connectivity index is 1.72. The lowest BCUT2D eigenvalue weighted by Crippen LogP contribution is -2.16. The van der Waals surface area contributed by atoms with Gasteiger partial charge in [-0.1, -0.05) is 69.4 Å². The van der Waals surface area contributed by atoms with Crippen LogP contribution in [0, 0.1) is 0 Å². The third-order valence-electron chi connectivity index (χ3n) is 5.22. The smallest absolute Gasteiger partial charge is 0.119 e. The largest absolute Gasteiger partial charge is 0.497 e. The van der Waals surface area contributed by atoms with Crippen molar-refractivity contribution in [2.75, 3.05) is 18.6 Å². The van der Waals surface area contributed by atoms with Crippen LogP contribution in [0.15, 0.2) is 54.6 Å². The zero-order chi connectivity index (χ0) is 16.8. The van der Waals surface area contributed by atoms with Gasteiger partial charge in [0.05, 0.1) is 12.6 Å². The standard InChI is InChI=1S/C22H29NO/c1-3-4-5-6-10-17-22(19-11-8-7-9-12-19)18-23(22)20-13-15-21(24-2)16-14-20/h7-9,11-16H,3-6,10,17-18H2,1-2H3/t22-,23?/m1/s1. The Kier molecular flexibility index (Phi) is 5.44. The Morgan fingerprint density at radius 1 is 0.917 bits per heavy atom. The Morgan fingerprint density at radius 3 is 2.29 bits per heavy atom. The molecule has 0 N–H and O–H groups in total. The number of unbranched alkanes of at least 4 members (excludes halogenated alkanes) is 4. The van der Waals surface area contributed by atoms with Crippen molar-refractivity contribution < 1.29 is 4.74 Å². The number of hydrogen-bond acceptors (Lipinski definition) is 2. The van der Waals surface area contributed by atoms with Gasteiger partial charge in [0.1, 0.15) is 5.75 Å². The normalized spacial score (nSPS) is 19.3. The minimum Gasteiger partial charge on any atom is -0.497 e. The van der Waals surface area contributed by atoms with Crippen molar-refractivity contribution in [1.29, 1.82) is 0 Å². The maximum atomic E-state index is 5.29. The van der Waals surface area contributed by atoms with Crippen LogP contribution in [-0.2, 0) is 5.54 Å². The molecule has 2 aromatic carbocycles. The summed E-state index contributed by atoms with van der Waals surface area (Å²) in [5, 5.41) is 0. The second-order valence-corrected chi connectivity index (χ2v) is 6.85. The first-order valence-electron chi connectivity index (χ1n) is 9.27. The molecule has 1 heterocycles. The minimum absolute atomic E-state index is 0.196. The van der Waals surface area contributed by atoms with E-state index in [0.29, 0.717) is 0 Å². The molecule has 0 aromatic heterocycles. The molecule has 2 heteroatoms. The first-order valence-corrected chi connectivity index (χ1v) is 9.27. The highest BCUT2D eigenvalue weighted by molar-refractivity contribution is 5.61. The molecule has 0 bridgehead atoms. The Morgan fingerprint density at radius 2 is 1.62 bits per heavy atom. The monoisotopic (exact) mass is 323 g/mol. The van der Waals surface area contributed by atoms with Crippen molar-refractivity contribution in [1.82, 2.24) is 0 Å². The number of benzene rings is 2. The van der Waals surface area contributed by atoms with Crippen LogP contribution >= 0.6 is 0 Å². The first kappa shape index (κ1) is 16.9. The highest BCUT2D eigenvalue weighted by Crippen LogP contribution is 2.49. The van der Waals surface area contributed by atoms with Gasteiger partial charge in [0.25, 0.3) is 0 Å². The molecule has 3 rings (SSSR count). The molecule has 0 radical (unpaired) electrons. The van der Waals surface area contributed by atoms with E-state index in [9.17, 15) is 0 Å². The van der Waals surface area contributed by atoms with E-state index in [2.05, 4.69) is 66.4 Å². The Bertz CT molecular complexity index is 622. The van der Waals surface area contributed by atoms with Crippen molar-refractivity contribution in [3.05, 3.63) is 60.2 Å². The summed E-state index contributed by atoms with van der Waals surface area (Å²) in [6.07, 6.45) is 7.93. The van der Waals surface area contributed by atoms with Crippen LogP contribution in [0.25, 0.3) is 0 Å². The highest BCUT2D eigenvalue weighted by atomic mass is 16.5. The van der Waals surface area contributed by atoms with E-state index in [-0.39, 0.29) is 5.54 Å². The Labute approximate surface area is 146 Å². The second-order valence-electron chi connectivity index (χ2n) is 6.85. The lowest BCUT2D eigenvalue weighted by molar-refractivity contribution is 0.415. The van der Waals surface area contributed by atoms with Gasteiger partial charge in [-0.15, -0.1) is 0 Å². The summed E-state index contributed by atoms with van der Waals surface area (Å²) < 4.78 is 5.29. The van der Waals surface area contributed by atoms with Gasteiger partial charge in [0.15, 0.2) is 0 Å². The number of nitrogens with zero attached hydrogens (tertiary/aromatic N) is 1. The molecule has 24 heavy (non-hydrogen) atoms. The molecule has 1 saturated heterocycles. The van der Waals surface area contributed by atoms with E-state index < -0.39 is 0 Å². The zero-order valence-electron chi connectivity index (χ0n) is 15.0. The van der Waals surface area contributed by atoms with Gasteiger partial charge >= 0.3 is 0 Å². The van der Waals surface area contributed by atoms with Crippen LogP contribution in [-0.4, -0.2) is 13.7 Å². The second kappa shape index (κ2) is 7.74.